The zero-order valence-corrected chi connectivity index (χ0v) is 35.8. The molecule has 4 saturated heterocycles. The van der Waals surface area contributed by atoms with Crippen LogP contribution in [0.5, 0.6) is 5.75 Å². The van der Waals surface area contributed by atoms with Gasteiger partial charge in [0.05, 0.1) is 42.8 Å². The smallest absolute Gasteiger partial charge is 0.408 e. The van der Waals surface area contributed by atoms with E-state index in [4.69, 9.17) is 33.2 Å². The molecule has 0 radical (unpaired) electrons. The number of fused-ring (bicyclic) bond motifs is 5. The van der Waals surface area contributed by atoms with E-state index in [0.29, 0.717) is 17.7 Å². The minimum atomic E-state index is -1.60. The number of aromatic nitrogens is 1. The fourth-order valence-electron chi connectivity index (χ4n) is 9.67. The van der Waals surface area contributed by atoms with Crippen LogP contribution in [0.3, 0.4) is 0 Å². The summed E-state index contributed by atoms with van der Waals surface area (Å²) in [5.74, 6) is -3.70. The minimum Gasteiger partial charge on any atom is -0.485 e. The number of carbonyl (C=O) groups is 4. The van der Waals surface area contributed by atoms with E-state index in [9.17, 15) is 24.3 Å². The zero-order chi connectivity index (χ0) is 43.0. The Kier molecular flexibility index (Phi) is 13.5. The topological polar surface area (TPSA) is 193 Å². The van der Waals surface area contributed by atoms with E-state index >= 15 is 0 Å². The molecule has 0 saturated carbocycles. The van der Waals surface area contributed by atoms with Crippen LogP contribution in [0.15, 0.2) is 36.5 Å². The van der Waals surface area contributed by atoms with Gasteiger partial charge in [-0.15, -0.1) is 0 Å². The number of hydrogen-bond acceptors (Lipinski definition) is 14. The van der Waals surface area contributed by atoms with Crippen LogP contribution in [-0.2, 0) is 38.0 Å². The Morgan fingerprint density at radius 2 is 1.71 bits per heavy atom. The number of ether oxygens (including phenoxy) is 7. The lowest BCUT2D eigenvalue weighted by Gasteiger charge is -2.48. The van der Waals surface area contributed by atoms with Crippen molar-refractivity contribution in [3.8, 4) is 5.75 Å². The molecule has 2 amide bonds. The average molecular weight is 827 g/mol. The third-order valence-electron chi connectivity index (χ3n) is 12.8. The number of nitrogens with one attached hydrogen (secondary N) is 2. The number of ketones is 1. The molecule has 4 aliphatic heterocycles. The molecule has 4 aliphatic rings. The van der Waals surface area contributed by atoms with Gasteiger partial charge in [-0.3, -0.25) is 14.6 Å². The first-order chi connectivity index (χ1) is 27.9. The predicted molar refractivity (Wildman–Crippen MR) is 214 cm³/mol. The molecule has 0 spiro atoms. The molecular weight excluding hydrogens is 764 g/mol. The van der Waals surface area contributed by atoms with Crippen LogP contribution in [0.1, 0.15) is 74.7 Å². The molecule has 2 aromatic rings. The van der Waals surface area contributed by atoms with Crippen molar-refractivity contribution in [2.24, 2.45) is 23.7 Å². The summed E-state index contributed by atoms with van der Waals surface area (Å²) in [6, 6.07) is 8.05. The quantitative estimate of drug-likeness (QED) is 0.275. The van der Waals surface area contributed by atoms with E-state index in [1.165, 1.54) is 0 Å². The molecule has 16 nitrogen and oxygen atoms in total. The van der Waals surface area contributed by atoms with Crippen molar-refractivity contribution < 1.29 is 57.4 Å². The Morgan fingerprint density at radius 3 is 2.42 bits per heavy atom. The first-order valence-electron chi connectivity index (χ1n) is 20.8. The summed E-state index contributed by atoms with van der Waals surface area (Å²) < 4.78 is 45.0. The summed E-state index contributed by atoms with van der Waals surface area (Å²) in [6.07, 6.45) is -5.55. The maximum atomic E-state index is 14.5. The summed E-state index contributed by atoms with van der Waals surface area (Å²) in [7, 11) is 3.73. The van der Waals surface area contributed by atoms with Gasteiger partial charge in [0, 0.05) is 35.4 Å². The number of likely N-dealkylation sites (N-methyl/N-ethyl adjacent to an activating group) is 1. The van der Waals surface area contributed by atoms with Crippen molar-refractivity contribution in [2.75, 3.05) is 27.2 Å². The number of pyridine rings is 1. The number of aliphatic hydroxyl groups is 1. The summed E-state index contributed by atoms with van der Waals surface area (Å²) in [4.78, 5) is 62.3. The molecule has 5 heterocycles. The lowest BCUT2D eigenvalue weighted by Crippen LogP contribution is -2.61. The first kappa shape index (κ1) is 44.5. The largest absolute Gasteiger partial charge is 0.485 e. The molecule has 15 atom stereocenters. The molecule has 0 aliphatic carbocycles. The number of para-hydroxylation sites is 1. The van der Waals surface area contributed by atoms with Gasteiger partial charge in [-0.25, -0.2) is 9.59 Å². The fraction of sp³-hybridized carbons (Fsp3) is 0.698. The number of carbonyl (C=O) groups excluding carboxylic acids is 4. The van der Waals surface area contributed by atoms with E-state index in [1.54, 1.807) is 46.9 Å². The van der Waals surface area contributed by atoms with Gasteiger partial charge < -0.3 is 53.8 Å². The van der Waals surface area contributed by atoms with Crippen molar-refractivity contribution in [2.45, 2.75) is 141 Å². The zero-order valence-electron chi connectivity index (χ0n) is 35.8. The summed E-state index contributed by atoms with van der Waals surface area (Å²) in [5.41, 5.74) is -2.28. The molecule has 1 unspecified atom stereocenters. The number of alkyl carbamates (subject to hydrolysis) is 2. The number of Topliss-reactive ketones (excluding diaryl/α,β-unsaturated/α-hetero) is 1. The molecule has 6 rings (SSSR count). The summed E-state index contributed by atoms with van der Waals surface area (Å²) >= 11 is 0. The number of cyclic esters (lactones) is 1. The molecule has 59 heavy (non-hydrogen) atoms. The number of hydrogen-bond donors (Lipinski definition) is 3. The number of amides is 2. The number of esters is 1. The lowest BCUT2D eigenvalue weighted by atomic mass is 9.73. The monoisotopic (exact) mass is 826 g/mol. The molecule has 1 aromatic carbocycles. The van der Waals surface area contributed by atoms with E-state index in [2.05, 4.69) is 15.6 Å². The number of nitrogens with zero attached hydrogens (tertiary/aromatic N) is 2. The lowest BCUT2D eigenvalue weighted by molar-refractivity contribution is -0.299. The Morgan fingerprint density at radius 1 is 0.983 bits per heavy atom. The van der Waals surface area contributed by atoms with Gasteiger partial charge in [0.1, 0.15) is 41.5 Å². The molecule has 4 fully saturated rings. The Labute approximate surface area is 346 Å². The van der Waals surface area contributed by atoms with Crippen molar-refractivity contribution in [3.63, 3.8) is 0 Å². The van der Waals surface area contributed by atoms with Crippen molar-refractivity contribution in [3.05, 3.63) is 36.5 Å². The summed E-state index contributed by atoms with van der Waals surface area (Å²) in [5, 5.41) is 18.1. The molecular formula is C43H62N4O12. The number of rotatable bonds is 6. The van der Waals surface area contributed by atoms with Gasteiger partial charge in [0.25, 0.3) is 0 Å². The van der Waals surface area contributed by atoms with Gasteiger partial charge in [0.15, 0.2) is 11.9 Å². The van der Waals surface area contributed by atoms with E-state index in [1.807, 2.05) is 64.0 Å². The van der Waals surface area contributed by atoms with E-state index < -0.39 is 95.9 Å². The van der Waals surface area contributed by atoms with Crippen molar-refractivity contribution in [1.82, 2.24) is 20.5 Å². The molecule has 2 bridgehead atoms. The highest BCUT2D eigenvalue weighted by atomic mass is 16.7. The number of benzene rings is 1. The third kappa shape index (κ3) is 9.16. The normalized spacial score (nSPS) is 40.1. The predicted octanol–water partition coefficient (Wildman–Crippen LogP) is 4.38. The maximum absolute atomic E-state index is 14.5. The number of aliphatic hydroxyl groups excluding tert-OH is 1. The van der Waals surface area contributed by atoms with Crippen molar-refractivity contribution >= 4 is 34.8 Å². The first-order valence-corrected chi connectivity index (χ1v) is 20.8. The fourth-order valence-corrected chi connectivity index (χ4v) is 9.67. The molecule has 1 aromatic heterocycles. The van der Waals surface area contributed by atoms with Crippen molar-refractivity contribution in [1.29, 1.82) is 0 Å². The highest BCUT2D eigenvalue weighted by molar-refractivity contribution is 5.86. The van der Waals surface area contributed by atoms with Crippen LogP contribution in [0, 0.1) is 23.7 Å². The second kappa shape index (κ2) is 17.9. The van der Waals surface area contributed by atoms with Crippen LogP contribution in [0.4, 0.5) is 9.59 Å². The molecule has 3 N–H and O–H groups in total. The molecule has 16 heteroatoms. The van der Waals surface area contributed by atoms with Gasteiger partial charge in [-0.05, 0) is 79.3 Å². The second-order valence-corrected chi connectivity index (χ2v) is 17.5. The SMILES string of the molecule is CC[C@H]1OC(=O)[C@H](C)[C@H]2OCC(Oc3ccnc4ccccc34)CNC(=O)O[C@](C)(C[C@@H](C)C(=O)[C@H](C)[C@@H]3NC(=O)O[C@]13C)[C@H](O[C@@H]1O[C@H](C)C[C@H](N(C)C)[C@H]1O)[C@H]2C. The maximum Gasteiger partial charge on any atom is 0.408 e. The molecule has 326 valence electrons. The average Bonchev–Trinajstić information content (AvgIpc) is 3.50. The van der Waals surface area contributed by atoms with Gasteiger partial charge in [-0.1, -0.05) is 39.8 Å². The Hall–Kier alpha value is -4.09. The van der Waals surface area contributed by atoms with Gasteiger partial charge in [0.2, 0.25) is 0 Å². The minimum absolute atomic E-state index is 0.0436. The van der Waals surface area contributed by atoms with Crippen LogP contribution >= 0.6 is 0 Å². The highest BCUT2D eigenvalue weighted by Crippen LogP contribution is 2.42. The van der Waals surface area contributed by atoms with Crippen LogP contribution in [0.25, 0.3) is 10.9 Å². The third-order valence-corrected chi connectivity index (χ3v) is 12.8. The van der Waals surface area contributed by atoms with Crippen LogP contribution in [-0.4, -0.2) is 132 Å². The van der Waals surface area contributed by atoms with Gasteiger partial charge >= 0.3 is 18.2 Å². The van der Waals surface area contributed by atoms with E-state index in [-0.39, 0.29) is 43.9 Å². The van der Waals surface area contributed by atoms with Crippen LogP contribution in [0.2, 0.25) is 0 Å². The Balaban J connectivity index is 1.47. The van der Waals surface area contributed by atoms with E-state index in [0.717, 1.165) is 5.39 Å². The van der Waals surface area contributed by atoms with Crippen LogP contribution < -0.4 is 15.4 Å². The standard InChI is InChI=1S/C43H62N4O12/c1-11-32-43(8)36(46-41(52)59-43)24(4)33(48)22(2)19-42(7)37(57-39-34(49)30(47(9)10)18-23(3)54-39)25(5)35(26(6)38(50)56-32)53-21-27(20-45-40(51)58-42)55-31-16-17-44-29-15-13-12-14-28(29)31/h12-17,22-27,30,32,34-37,39,49H,11,18-21H2,1-10H3,(H,45,51)(H,46,52)/t22-,23-,24+,25+,26-,27?,30+,32-,34-,35+,36+,37-,39+,42-,43-/m1/s1. The Bertz CT molecular complexity index is 1840. The second-order valence-electron chi connectivity index (χ2n) is 17.5. The summed E-state index contributed by atoms with van der Waals surface area (Å²) in [6.45, 7) is 13.9. The van der Waals surface area contributed by atoms with Gasteiger partial charge in [-0.2, -0.15) is 0 Å². The highest BCUT2D eigenvalue weighted by Gasteiger charge is 2.58.